The van der Waals surface area contributed by atoms with Gasteiger partial charge < -0.3 is 5.32 Å². The van der Waals surface area contributed by atoms with Gasteiger partial charge in [0.25, 0.3) is 0 Å². The van der Waals surface area contributed by atoms with Crippen LogP contribution in [0.4, 0.5) is 0 Å². The van der Waals surface area contributed by atoms with E-state index in [9.17, 15) is 0 Å². The van der Waals surface area contributed by atoms with Gasteiger partial charge in [0.05, 0.1) is 5.69 Å². The van der Waals surface area contributed by atoms with E-state index < -0.39 is 0 Å². The molecule has 3 nitrogen and oxygen atoms in total. The maximum atomic E-state index is 4.77. The maximum Gasteiger partial charge on any atom is 0.0659 e. The molecule has 1 N–H and O–H groups in total. The van der Waals surface area contributed by atoms with Crippen LogP contribution >= 0.6 is 0 Å². The minimum atomic E-state index is 0.692. The predicted molar refractivity (Wildman–Crippen MR) is 69.3 cm³/mol. The summed E-state index contributed by atoms with van der Waals surface area (Å²) in [6.45, 7) is 2.31. The molecule has 1 aliphatic heterocycles. The third-order valence-electron chi connectivity index (χ3n) is 4.47. The van der Waals surface area contributed by atoms with E-state index in [1.54, 1.807) is 0 Å². The van der Waals surface area contributed by atoms with Crippen molar-refractivity contribution >= 4 is 0 Å². The molecule has 94 valence electrons. The van der Waals surface area contributed by atoms with Crippen LogP contribution in [-0.2, 0) is 7.05 Å². The molecule has 1 saturated heterocycles. The summed E-state index contributed by atoms with van der Waals surface area (Å²) < 4.78 is 2.15. The fourth-order valence-electron chi connectivity index (χ4n) is 3.43. The lowest BCUT2D eigenvalue weighted by Gasteiger charge is -2.20. The fraction of sp³-hybridized carbons (Fsp3) is 0.786. The Hall–Kier alpha value is -0.830. The zero-order valence-corrected chi connectivity index (χ0v) is 10.8. The van der Waals surface area contributed by atoms with E-state index in [1.165, 1.54) is 49.9 Å². The van der Waals surface area contributed by atoms with Crippen molar-refractivity contribution in [1.82, 2.24) is 15.1 Å². The van der Waals surface area contributed by atoms with E-state index in [-0.39, 0.29) is 0 Å². The molecule has 3 rings (SSSR count). The van der Waals surface area contributed by atoms with Crippen molar-refractivity contribution in [3.05, 3.63) is 17.5 Å². The number of hydrogen-bond donors (Lipinski definition) is 1. The van der Waals surface area contributed by atoms with Crippen LogP contribution in [0.1, 0.15) is 61.7 Å². The van der Waals surface area contributed by atoms with Crippen molar-refractivity contribution in [1.29, 1.82) is 0 Å². The summed E-state index contributed by atoms with van der Waals surface area (Å²) in [6, 6.07) is 2.39. The molecule has 0 aromatic carbocycles. The SMILES string of the molecule is Cn1nc(C2CCNCC2)cc1C1CCCC1. The van der Waals surface area contributed by atoms with Crippen LogP contribution in [0.3, 0.4) is 0 Å². The van der Waals surface area contributed by atoms with E-state index >= 15 is 0 Å². The second-order valence-electron chi connectivity index (χ2n) is 5.62. The highest BCUT2D eigenvalue weighted by Gasteiger charge is 2.24. The Morgan fingerprint density at radius 2 is 1.82 bits per heavy atom. The topological polar surface area (TPSA) is 29.9 Å². The zero-order valence-electron chi connectivity index (χ0n) is 10.8. The van der Waals surface area contributed by atoms with E-state index in [4.69, 9.17) is 5.10 Å². The molecule has 3 heteroatoms. The quantitative estimate of drug-likeness (QED) is 0.850. The number of nitrogens with one attached hydrogen (secondary N) is 1. The maximum absolute atomic E-state index is 4.77. The molecule has 0 radical (unpaired) electrons. The highest BCUT2D eigenvalue weighted by atomic mass is 15.3. The van der Waals surface area contributed by atoms with E-state index in [0.29, 0.717) is 5.92 Å². The average Bonchev–Trinajstić information content (AvgIpc) is 2.99. The van der Waals surface area contributed by atoms with Gasteiger partial charge in [0.1, 0.15) is 0 Å². The first-order valence-electron chi connectivity index (χ1n) is 7.09. The molecule has 1 saturated carbocycles. The summed E-state index contributed by atoms with van der Waals surface area (Å²) >= 11 is 0. The van der Waals surface area contributed by atoms with Gasteiger partial charge >= 0.3 is 0 Å². The average molecular weight is 233 g/mol. The molecule has 1 aromatic rings. The van der Waals surface area contributed by atoms with Crippen molar-refractivity contribution < 1.29 is 0 Å². The molecule has 0 unspecified atom stereocenters. The summed E-state index contributed by atoms with van der Waals surface area (Å²) in [6.07, 6.45) is 8.04. The van der Waals surface area contributed by atoms with Gasteiger partial charge in [-0.1, -0.05) is 12.8 Å². The van der Waals surface area contributed by atoms with Crippen LogP contribution in [-0.4, -0.2) is 22.9 Å². The molecule has 0 bridgehead atoms. The predicted octanol–water partition coefficient (Wildman–Crippen LogP) is 2.54. The van der Waals surface area contributed by atoms with Crippen LogP contribution in [0.15, 0.2) is 6.07 Å². The Labute approximate surface area is 104 Å². The van der Waals surface area contributed by atoms with Crippen molar-refractivity contribution in [3.63, 3.8) is 0 Å². The van der Waals surface area contributed by atoms with Crippen LogP contribution in [0.5, 0.6) is 0 Å². The molecule has 2 fully saturated rings. The first kappa shape index (κ1) is 11.3. The Kier molecular flexibility index (Phi) is 3.19. The smallest absolute Gasteiger partial charge is 0.0659 e. The number of aryl methyl sites for hydroxylation is 1. The molecule has 0 amide bonds. The number of nitrogens with zero attached hydrogens (tertiary/aromatic N) is 2. The van der Waals surface area contributed by atoms with Crippen LogP contribution in [0.25, 0.3) is 0 Å². The standard InChI is InChI=1S/C14H23N3/c1-17-14(12-4-2-3-5-12)10-13(16-17)11-6-8-15-9-7-11/h10-12,15H,2-9H2,1H3. The second-order valence-corrected chi connectivity index (χ2v) is 5.62. The van der Waals surface area contributed by atoms with Gasteiger partial charge in [-0.2, -0.15) is 5.10 Å². The Bertz CT molecular complexity index is 371. The summed E-state index contributed by atoms with van der Waals surface area (Å²) in [7, 11) is 2.12. The van der Waals surface area contributed by atoms with Crippen molar-refractivity contribution in [3.8, 4) is 0 Å². The highest BCUT2D eigenvalue weighted by molar-refractivity contribution is 5.19. The minimum absolute atomic E-state index is 0.692. The molecule has 1 aliphatic carbocycles. The lowest BCUT2D eigenvalue weighted by Crippen LogP contribution is -2.26. The largest absolute Gasteiger partial charge is 0.317 e. The van der Waals surface area contributed by atoms with Gasteiger partial charge in [0, 0.05) is 24.6 Å². The summed E-state index contributed by atoms with van der Waals surface area (Å²) in [4.78, 5) is 0. The minimum Gasteiger partial charge on any atom is -0.317 e. The molecule has 0 atom stereocenters. The zero-order chi connectivity index (χ0) is 11.7. The molecule has 2 aliphatic rings. The van der Waals surface area contributed by atoms with E-state index in [1.807, 2.05) is 0 Å². The van der Waals surface area contributed by atoms with Crippen LogP contribution in [0.2, 0.25) is 0 Å². The van der Waals surface area contributed by atoms with Gasteiger partial charge in [0.15, 0.2) is 0 Å². The molecule has 1 aromatic heterocycles. The van der Waals surface area contributed by atoms with Gasteiger partial charge in [0.2, 0.25) is 0 Å². The normalized spacial score (nSPS) is 23.4. The lowest BCUT2D eigenvalue weighted by atomic mass is 9.93. The monoisotopic (exact) mass is 233 g/mol. The third-order valence-corrected chi connectivity index (χ3v) is 4.47. The van der Waals surface area contributed by atoms with Crippen LogP contribution in [0, 0.1) is 0 Å². The lowest BCUT2D eigenvalue weighted by molar-refractivity contribution is 0.449. The molecular formula is C14H23N3. The number of hydrogen-bond acceptors (Lipinski definition) is 2. The summed E-state index contributed by atoms with van der Waals surface area (Å²) in [5.74, 6) is 1.47. The Balaban J connectivity index is 1.79. The van der Waals surface area contributed by atoms with Gasteiger partial charge in [-0.15, -0.1) is 0 Å². The van der Waals surface area contributed by atoms with E-state index in [0.717, 1.165) is 19.0 Å². The van der Waals surface area contributed by atoms with Gasteiger partial charge in [-0.25, -0.2) is 0 Å². The number of aromatic nitrogens is 2. The highest BCUT2D eigenvalue weighted by Crippen LogP contribution is 2.35. The third kappa shape index (κ3) is 2.25. The fourth-order valence-corrected chi connectivity index (χ4v) is 3.43. The molecule has 0 spiro atoms. The number of piperidine rings is 1. The second kappa shape index (κ2) is 4.81. The first-order valence-corrected chi connectivity index (χ1v) is 7.09. The number of rotatable bonds is 2. The van der Waals surface area contributed by atoms with Crippen molar-refractivity contribution in [2.75, 3.05) is 13.1 Å². The Morgan fingerprint density at radius 1 is 1.12 bits per heavy atom. The van der Waals surface area contributed by atoms with Crippen LogP contribution < -0.4 is 5.32 Å². The first-order chi connectivity index (χ1) is 8.34. The summed E-state index contributed by atoms with van der Waals surface area (Å²) in [5.41, 5.74) is 2.83. The van der Waals surface area contributed by atoms with E-state index in [2.05, 4.69) is 23.1 Å². The molecule has 2 heterocycles. The van der Waals surface area contributed by atoms with Crippen molar-refractivity contribution in [2.45, 2.75) is 50.4 Å². The van der Waals surface area contributed by atoms with Crippen molar-refractivity contribution in [2.24, 2.45) is 7.05 Å². The molecular weight excluding hydrogens is 210 g/mol. The van der Waals surface area contributed by atoms with Gasteiger partial charge in [-0.05, 0) is 44.8 Å². The summed E-state index contributed by atoms with van der Waals surface area (Å²) in [5, 5.41) is 8.19. The van der Waals surface area contributed by atoms with Gasteiger partial charge in [-0.3, -0.25) is 4.68 Å². The Morgan fingerprint density at radius 3 is 2.53 bits per heavy atom. The molecule has 17 heavy (non-hydrogen) atoms.